The molecule has 0 aromatic carbocycles. The van der Waals surface area contributed by atoms with Gasteiger partial charge < -0.3 is 10.5 Å². The lowest BCUT2D eigenvalue weighted by atomic mass is 10.1. The zero-order valence-electron chi connectivity index (χ0n) is 7.60. The number of ether oxygens (including phenoxy) is 1. The van der Waals surface area contributed by atoms with Crippen molar-refractivity contribution < 1.29 is 4.74 Å². The third-order valence-electron chi connectivity index (χ3n) is 2.39. The first-order valence-electron chi connectivity index (χ1n) is 4.57. The molecule has 0 bridgehead atoms. The van der Waals surface area contributed by atoms with Crippen LogP contribution in [0, 0.1) is 0 Å². The van der Waals surface area contributed by atoms with Gasteiger partial charge in [0, 0.05) is 12.1 Å². The summed E-state index contributed by atoms with van der Waals surface area (Å²) in [5, 5.41) is 0. The van der Waals surface area contributed by atoms with E-state index in [4.69, 9.17) is 10.5 Å². The van der Waals surface area contributed by atoms with Crippen molar-refractivity contribution in [2.45, 2.75) is 51.2 Å². The predicted octanol–water partition coefficient (Wildman–Crippen LogP) is 1.68. The van der Waals surface area contributed by atoms with E-state index in [1.807, 2.05) is 6.92 Å². The lowest BCUT2D eigenvalue weighted by Gasteiger charge is -2.13. The highest BCUT2D eigenvalue weighted by Gasteiger charge is 2.37. The quantitative estimate of drug-likeness (QED) is 0.659. The second-order valence-electron chi connectivity index (χ2n) is 3.67. The van der Waals surface area contributed by atoms with Gasteiger partial charge in [0.2, 0.25) is 0 Å². The summed E-state index contributed by atoms with van der Waals surface area (Å²) in [6.45, 7) is 4.97. The first-order chi connectivity index (χ1) is 5.16. The summed E-state index contributed by atoms with van der Waals surface area (Å²) in [7, 11) is 0. The molecule has 0 aromatic heterocycles. The van der Waals surface area contributed by atoms with Crippen LogP contribution in [0.2, 0.25) is 0 Å². The third kappa shape index (κ3) is 3.21. The van der Waals surface area contributed by atoms with E-state index >= 15 is 0 Å². The molecule has 0 aromatic rings. The Morgan fingerprint density at radius 3 is 2.64 bits per heavy atom. The summed E-state index contributed by atoms with van der Waals surface area (Å²) in [6, 6.07) is 0. The monoisotopic (exact) mass is 157 g/mol. The average Bonchev–Trinajstić information content (AvgIpc) is 2.66. The van der Waals surface area contributed by atoms with Crippen LogP contribution in [0.15, 0.2) is 0 Å². The Balaban J connectivity index is 2.01. The molecule has 0 radical (unpaired) electrons. The first-order valence-corrected chi connectivity index (χ1v) is 4.57. The van der Waals surface area contributed by atoms with Gasteiger partial charge in [0.05, 0.1) is 6.10 Å². The molecule has 11 heavy (non-hydrogen) atoms. The summed E-state index contributed by atoms with van der Waals surface area (Å²) < 4.78 is 5.41. The van der Waals surface area contributed by atoms with E-state index in [-0.39, 0.29) is 5.54 Å². The van der Waals surface area contributed by atoms with Crippen LogP contribution < -0.4 is 5.73 Å². The molecule has 0 saturated heterocycles. The minimum atomic E-state index is 0.200. The number of hydrogen-bond acceptors (Lipinski definition) is 2. The van der Waals surface area contributed by atoms with E-state index < -0.39 is 0 Å². The van der Waals surface area contributed by atoms with Crippen molar-refractivity contribution in [2.24, 2.45) is 5.73 Å². The van der Waals surface area contributed by atoms with Gasteiger partial charge in [0.25, 0.3) is 0 Å². The number of nitrogens with two attached hydrogens (primary N) is 1. The van der Waals surface area contributed by atoms with Gasteiger partial charge in [0.1, 0.15) is 0 Å². The van der Waals surface area contributed by atoms with Crippen LogP contribution in [0.1, 0.15) is 39.5 Å². The molecule has 1 unspecified atom stereocenters. The highest BCUT2D eigenvalue weighted by Crippen LogP contribution is 2.37. The smallest absolute Gasteiger partial charge is 0.0547 e. The van der Waals surface area contributed by atoms with E-state index in [0.717, 1.165) is 19.4 Å². The van der Waals surface area contributed by atoms with Crippen molar-refractivity contribution in [1.82, 2.24) is 0 Å². The summed E-state index contributed by atoms with van der Waals surface area (Å²) in [4.78, 5) is 0. The van der Waals surface area contributed by atoms with E-state index in [2.05, 4.69) is 6.92 Å². The van der Waals surface area contributed by atoms with Gasteiger partial charge in [-0.15, -0.1) is 0 Å². The maximum Gasteiger partial charge on any atom is 0.0547 e. The molecule has 66 valence electrons. The van der Waals surface area contributed by atoms with Crippen molar-refractivity contribution in [3.05, 3.63) is 0 Å². The van der Waals surface area contributed by atoms with Gasteiger partial charge in [-0.1, -0.05) is 0 Å². The Labute approximate surface area is 69.1 Å². The molecule has 0 aliphatic heterocycles. The van der Waals surface area contributed by atoms with E-state index in [0.29, 0.717) is 6.10 Å². The molecule has 0 spiro atoms. The molecule has 2 N–H and O–H groups in total. The molecule has 1 atom stereocenters. The zero-order chi connectivity index (χ0) is 8.32. The van der Waals surface area contributed by atoms with E-state index in [9.17, 15) is 0 Å². The van der Waals surface area contributed by atoms with Crippen molar-refractivity contribution in [3.63, 3.8) is 0 Å². The predicted molar refractivity (Wildman–Crippen MR) is 46.5 cm³/mol. The molecule has 1 aliphatic carbocycles. The van der Waals surface area contributed by atoms with Crippen molar-refractivity contribution in [3.8, 4) is 0 Å². The van der Waals surface area contributed by atoms with Crippen molar-refractivity contribution in [1.29, 1.82) is 0 Å². The Hall–Kier alpha value is -0.0800. The summed E-state index contributed by atoms with van der Waals surface area (Å²) in [6.07, 6.45) is 5.07. The Morgan fingerprint density at radius 2 is 2.18 bits per heavy atom. The fourth-order valence-corrected chi connectivity index (χ4v) is 1.27. The van der Waals surface area contributed by atoms with Crippen molar-refractivity contribution in [2.75, 3.05) is 6.61 Å². The van der Waals surface area contributed by atoms with Gasteiger partial charge in [-0.2, -0.15) is 0 Å². The van der Waals surface area contributed by atoms with Gasteiger partial charge in [-0.05, 0) is 39.5 Å². The standard InChI is InChI=1S/C9H19NO/c1-3-11-8(2)4-5-9(10)6-7-9/h8H,3-7,10H2,1-2H3. The normalized spacial score (nSPS) is 23.2. The molecule has 1 fully saturated rings. The van der Waals surface area contributed by atoms with Crippen molar-refractivity contribution >= 4 is 0 Å². The van der Waals surface area contributed by atoms with Gasteiger partial charge in [0.15, 0.2) is 0 Å². The van der Waals surface area contributed by atoms with E-state index in [1.54, 1.807) is 0 Å². The molecule has 2 nitrogen and oxygen atoms in total. The Kier molecular flexibility index (Phi) is 2.90. The van der Waals surface area contributed by atoms with Gasteiger partial charge in [-0.3, -0.25) is 0 Å². The highest BCUT2D eigenvalue weighted by molar-refractivity contribution is 4.98. The van der Waals surface area contributed by atoms with Crippen LogP contribution in [0.3, 0.4) is 0 Å². The lowest BCUT2D eigenvalue weighted by molar-refractivity contribution is 0.0669. The minimum absolute atomic E-state index is 0.200. The molecule has 1 aliphatic rings. The molecule has 1 saturated carbocycles. The summed E-state index contributed by atoms with van der Waals surface area (Å²) >= 11 is 0. The third-order valence-corrected chi connectivity index (χ3v) is 2.39. The number of rotatable bonds is 5. The van der Waals surface area contributed by atoms with Crippen LogP contribution in [0.5, 0.6) is 0 Å². The largest absolute Gasteiger partial charge is 0.379 e. The minimum Gasteiger partial charge on any atom is -0.379 e. The van der Waals surface area contributed by atoms with E-state index in [1.165, 1.54) is 12.8 Å². The molecule has 2 heteroatoms. The van der Waals surface area contributed by atoms with Crippen LogP contribution in [0.4, 0.5) is 0 Å². The molecule has 1 rings (SSSR count). The Morgan fingerprint density at radius 1 is 1.55 bits per heavy atom. The maximum atomic E-state index is 5.94. The fourth-order valence-electron chi connectivity index (χ4n) is 1.27. The molecular formula is C9H19NO. The van der Waals surface area contributed by atoms with Gasteiger partial charge >= 0.3 is 0 Å². The van der Waals surface area contributed by atoms with Crippen LogP contribution in [0.25, 0.3) is 0 Å². The second kappa shape index (κ2) is 3.55. The fraction of sp³-hybridized carbons (Fsp3) is 1.00. The van der Waals surface area contributed by atoms with Crippen LogP contribution in [-0.4, -0.2) is 18.2 Å². The van der Waals surface area contributed by atoms with Crippen LogP contribution in [-0.2, 0) is 4.74 Å². The topological polar surface area (TPSA) is 35.2 Å². The Bertz CT molecular complexity index is 121. The lowest BCUT2D eigenvalue weighted by Crippen LogP contribution is -2.23. The highest BCUT2D eigenvalue weighted by atomic mass is 16.5. The summed E-state index contributed by atoms with van der Waals surface area (Å²) in [5.74, 6) is 0. The molecule has 0 amide bonds. The average molecular weight is 157 g/mol. The zero-order valence-corrected chi connectivity index (χ0v) is 7.60. The first kappa shape index (κ1) is 9.01. The number of hydrogen-bond donors (Lipinski definition) is 1. The molecule has 0 heterocycles. The van der Waals surface area contributed by atoms with Crippen LogP contribution >= 0.6 is 0 Å². The molecular weight excluding hydrogens is 138 g/mol. The summed E-state index contributed by atoms with van der Waals surface area (Å²) in [5.41, 5.74) is 6.14. The SMILES string of the molecule is CCOC(C)CCC1(N)CC1. The van der Waals surface area contributed by atoms with Gasteiger partial charge in [-0.25, -0.2) is 0 Å². The maximum absolute atomic E-state index is 5.94. The second-order valence-corrected chi connectivity index (χ2v) is 3.67.